The molecule has 2 aromatic rings. The number of carboxylic acid groups (broad SMARTS) is 1. The molecule has 0 aliphatic carbocycles. The van der Waals surface area contributed by atoms with Crippen molar-refractivity contribution in [2.45, 2.75) is 6.54 Å². The zero-order valence-electron chi connectivity index (χ0n) is 8.34. The second-order valence-corrected chi connectivity index (χ2v) is 4.50. The smallest absolute Gasteiger partial charge is 0.325 e. The molecule has 0 amide bonds. The van der Waals surface area contributed by atoms with Crippen LogP contribution >= 0.6 is 27.5 Å². The van der Waals surface area contributed by atoms with Crippen LogP contribution in [0.2, 0.25) is 5.02 Å². The van der Waals surface area contributed by atoms with Crippen LogP contribution in [0.25, 0.3) is 11.4 Å². The summed E-state index contributed by atoms with van der Waals surface area (Å²) in [5.74, 6) is -0.698. The van der Waals surface area contributed by atoms with Gasteiger partial charge in [0, 0.05) is 10.0 Å². The fraction of sp³-hybridized carbons (Fsp3) is 0.111. The number of carbonyl (C=O) groups is 1. The van der Waals surface area contributed by atoms with Gasteiger partial charge in [0.15, 0.2) is 5.82 Å². The van der Waals surface area contributed by atoms with Crippen molar-refractivity contribution in [1.29, 1.82) is 0 Å². The first-order chi connectivity index (χ1) is 8.08. The molecule has 88 valence electrons. The topological polar surface area (TPSA) is 80.9 Å². The summed E-state index contributed by atoms with van der Waals surface area (Å²) in [4.78, 5) is 10.6. The van der Waals surface area contributed by atoms with Gasteiger partial charge in [-0.3, -0.25) is 4.79 Å². The fourth-order valence-corrected chi connectivity index (χ4v) is 2.06. The van der Waals surface area contributed by atoms with Gasteiger partial charge in [0.1, 0.15) is 6.54 Å². The number of hydrogen-bond donors (Lipinski definition) is 1. The molecule has 0 saturated heterocycles. The predicted molar refractivity (Wildman–Crippen MR) is 63.6 cm³/mol. The van der Waals surface area contributed by atoms with Crippen molar-refractivity contribution in [3.63, 3.8) is 0 Å². The van der Waals surface area contributed by atoms with E-state index in [0.29, 0.717) is 16.4 Å². The van der Waals surface area contributed by atoms with E-state index in [2.05, 4.69) is 31.5 Å². The number of tetrazole rings is 1. The maximum Gasteiger partial charge on any atom is 0.325 e. The Morgan fingerprint density at radius 3 is 2.94 bits per heavy atom. The summed E-state index contributed by atoms with van der Waals surface area (Å²) in [7, 11) is 0. The Labute approximate surface area is 109 Å². The molecule has 17 heavy (non-hydrogen) atoms. The second kappa shape index (κ2) is 4.80. The van der Waals surface area contributed by atoms with Crippen LogP contribution in [0.15, 0.2) is 22.7 Å². The predicted octanol–water partition coefficient (Wildman–Crippen LogP) is 1.84. The van der Waals surface area contributed by atoms with Crippen molar-refractivity contribution in [2.24, 2.45) is 0 Å². The van der Waals surface area contributed by atoms with E-state index in [0.717, 1.165) is 4.47 Å². The van der Waals surface area contributed by atoms with E-state index in [9.17, 15) is 4.79 Å². The summed E-state index contributed by atoms with van der Waals surface area (Å²) in [5.41, 5.74) is 0.584. The zero-order valence-corrected chi connectivity index (χ0v) is 10.7. The maximum atomic E-state index is 10.6. The van der Waals surface area contributed by atoms with E-state index in [1.165, 1.54) is 4.68 Å². The van der Waals surface area contributed by atoms with Gasteiger partial charge < -0.3 is 5.11 Å². The van der Waals surface area contributed by atoms with Gasteiger partial charge in [0.25, 0.3) is 0 Å². The van der Waals surface area contributed by atoms with Gasteiger partial charge in [-0.25, -0.2) is 4.68 Å². The number of nitrogens with zero attached hydrogens (tertiary/aromatic N) is 4. The Hall–Kier alpha value is -1.47. The molecule has 0 aliphatic heterocycles. The molecule has 1 heterocycles. The molecule has 0 atom stereocenters. The SMILES string of the molecule is O=C(O)Cn1nnnc1-c1ccc(Br)cc1Cl. The van der Waals surface area contributed by atoms with Crippen LogP contribution in [0.4, 0.5) is 0 Å². The van der Waals surface area contributed by atoms with Crippen molar-refractivity contribution in [2.75, 3.05) is 0 Å². The van der Waals surface area contributed by atoms with Gasteiger partial charge in [-0.2, -0.15) is 0 Å². The molecule has 1 N–H and O–H groups in total. The van der Waals surface area contributed by atoms with Crippen molar-refractivity contribution < 1.29 is 9.90 Å². The Bertz CT molecular complexity index is 572. The first-order valence-electron chi connectivity index (χ1n) is 4.51. The number of hydrogen-bond acceptors (Lipinski definition) is 4. The number of halogens is 2. The van der Waals surface area contributed by atoms with E-state index in [4.69, 9.17) is 16.7 Å². The first kappa shape index (κ1) is 12.0. The Morgan fingerprint density at radius 1 is 1.53 bits per heavy atom. The van der Waals surface area contributed by atoms with Gasteiger partial charge in [0.2, 0.25) is 0 Å². The molecular formula is C9H6BrClN4O2. The minimum atomic E-state index is -1.02. The molecule has 0 saturated carbocycles. The summed E-state index contributed by atoms with van der Waals surface area (Å²) in [6.07, 6.45) is 0. The molecule has 1 aromatic heterocycles. The summed E-state index contributed by atoms with van der Waals surface area (Å²) < 4.78 is 2.00. The molecule has 0 bridgehead atoms. The van der Waals surface area contributed by atoms with Crippen LogP contribution in [0.3, 0.4) is 0 Å². The summed E-state index contributed by atoms with van der Waals surface area (Å²) in [6, 6.07) is 5.19. The molecule has 0 unspecified atom stereocenters. The van der Waals surface area contributed by atoms with Crippen molar-refractivity contribution in [3.8, 4) is 11.4 Å². The molecular weight excluding hydrogens is 311 g/mol. The third-order valence-corrected chi connectivity index (χ3v) is 2.79. The Balaban J connectivity index is 2.46. The van der Waals surface area contributed by atoms with Gasteiger partial charge in [-0.15, -0.1) is 5.10 Å². The van der Waals surface area contributed by atoms with Crippen molar-refractivity contribution in [1.82, 2.24) is 20.2 Å². The standard InChI is InChI=1S/C9H6BrClN4O2/c10-5-1-2-6(7(11)3-5)9-12-13-14-15(9)4-8(16)17/h1-3H,4H2,(H,16,17). The number of benzene rings is 1. The van der Waals surface area contributed by atoms with E-state index >= 15 is 0 Å². The Kier molecular flexibility index (Phi) is 3.39. The summed E-state index contributed by atoms with van der Waals surface area (Å²) in [5, 5.41) is 20.0. The lowest BCUT2D eigenvalue weighted by molar-refractivity contribution is -0.137. The maximum absolute atomic E-state index is 10.6. The highest BCUT2D eigenvalue weighted by atomic mass is 79.9. The van der Waals surface area contributed by atoms with Crippen LogP contribution in [0.5, 0.6) is 0 Å². The lowest BCUT2D eigenvalue weighted by Crippen LogP contribution is -2.11. The normalized spacial score (nSPS) is 10.5. The van der Waals surface area contributed by atoms with Gasteiger partial charge in [-0.1, -0.05) is 27.5 Å². The molecule has 0 aliphatic rings. The van der Waals surface area contributed by atoms with Crippen molar-refractivity contribution in [3.05, 3.63) is 27.7 Å². The summed E-state index contributed by atoms with van der Waals surface area (Å²) in [6.45, 7) is -0.311. The zero-order chi connectivity index (χ0) is 12.4. The van der Waals surface area contributed by atoms with Crippen LogP contribution in [0.1, 0.15) is 0 Å². The number of carboxylic acids is 1. The minimum Gasteiger partial charge on any atom is -0.480 e. The lowest BCUT2D eigenvalue weighted by Gasteiger charge is -2.04. The van der Waals surface area contributed by atoms with Crippen LogP contribution in [-0.4, -0.2) is 31.3 Å². The Morgan fingerprint density at radius 2 is 2.29 bits per heavy atom. The number of rotatable bonds is 3. The van der Waals surface area contributed by atoms with Gasteiger partial charge in [0.05, 0.1) is 5.02 Å². The van der Waals surface area contributed by atoms with Crippen LogP contribution < -0.4 is 0 Å². The highest BCUT2D eigenvalue weighted by molar-refractivity contribution is 9.10. The second-order valence-electron chi connectivity index (χ2n) is 3.18. The third-order valence-electron chi connectivity index (χ3n) is 1.99. The molecule has 0 fully saturated rings. The lowest BCUT2D eigenvalue weighted by atomic mass is 10.2. The number of aliphatic carboxylic acids is 1. The van der Waals surface area contributed by atoms with E-state index in [-0.39, 0.29) is 6.54 Å². The average Bonchev–Trinajstić information content (AvgIpc) is 2.65. The molecule has 0 radical (unpaired) electrons. The van der Waals surface area contributed by atoms with Crippen molar-refractivity contribution >= 4 is 33.5 Å². The van der Waals surface area contributed by atoms with Crippen LogP contribution in [-0.2, 0) is 11.3 Å². The van der Waals surface area contributed by atoms with Gasteiger partial charge in [-0.05, 0) is 28.6 Å². The largest absolute Gasteiger partial charge is 0.480 e. The quantitative estimate of drug-likeness (QED) is 0.934. The average molecular weight is 318 g/mol. The minimum absolute atomic E-state index is 0.311. The van der Waals surface area contributed by atoms with E-state index < -0.39 is 5.97 Å². The number of aromatic nitrogens is 4. The van der Waals surface area contributed by atoms with E-state index in [1.807, 2.05) is 0 Å². The summed E-state index contributed by atoms with van der Waals surface area (Å²) >= 11 is 9.32. The molecule has 2 rings (SSSR count). The molecule has 0 spiro atoms. The highest BCUT2D eigenvalue weighted by Crippen LogP contribution is 2.28. The van der Waals surface area contributed by atoms with E-state index in [1.54, 1.807) is 18.2 Å². The molecule has 6 nitrogen and oxygen atoms in total. The highest BCUT2D eigenvalue weighted by Gasteiger charge is 2.14. The van der Waals surface area contributed by atoms with Crippen LogP contribution in [0, 0.1) is 0 Å². The van der Waals surface area contributed by atoms with Gasteiger partial charge >= 0.3 is 5.97 Å². The monoisotopic (exact) mass is 316 g/mol. The fourth-order valence-electron chi connectivity index (χ4n) is 1.30. The third kappa shape index (κ3) is 2.62. The molecule has 8 heteroatoms. The molecule has 1 aromatic carbocycles. The first-order valence-corrected chi connectivity index (χ1v) is 5.68.